The van der Waals surface area contributed by atoms with Gasteiger partial charge in [0, 0.05) is 30.3 Å². The van der Waals surface area contributed by atoms with Crippen LogP contribution in [0.5, 0.6) is 0 Å². The molecule has 0 saturated carbocycles. The quantitative estimate of drug-likeness (QED) is 0.760. The first-order valence-corrected chi connectivity index (χ1v) is 5.99. The van der Waals surface area contributed by atoms with Gasteiger partial charge in [-0.2, -0.15) is 4.37 Å². The van der Waals surface area contributed by atoms with Crippen molar-refractivity contribution < 1.29 is 0 Å². The molecule has 4 nitrogen and oxygen atoms in total. The van der Waals surface area contributed by atoms with Crippen LogP contribution in [-0.2, 0) is 13.0 Å². The van der Waals surface area contributed by atoms with Crippen LogP contribution in [0.25, 0.3) is 0 Å². The standard InChI is InChI=1S/C11H12N4S/c12-10-2-1-8-3-4-15(6-9(8)5-10)11-13-7-14-16-11/h1-2,5,7H,3-4,6,12H2. The summed E-state index contributed by atoms with van der Waals surface area (Å²) < 4.78 is 4.04. The van der Waals surface area contributed by atoms with Crippen LogP contribution in [0.3, 0.4) is 0 Å². The van der Waals surface area contributed by atoms with E-state index in [1.165, 1.54) is 22.7 Å². The van der Waals surface area contributed by atoms with E-state index in [1.807, 2.05) is 6.07 Å². The molecule has 1 aliphatic heterocycles. The van der Waals surface area contributed by atoms with Crippen LogP contribution >= 0.6 is 11.5 Å². The molecule has 0 saturated heterocycles. The number of nitrogens with two attached hydrogens (primary N) is 1. The first-order valence-electron chi connectivity index (χ1n) is 5.22. The van der Waals surface area contributed by atoms with Crippen LogP contribution in [0.1, 0.15) is 11.1 Å². The lowest BCUT2D eigenvalue weighted by atomic mass is 9.99. The predicted molar refractivity (Wildman–Crippen MR) is 65.5 cm³/mol. The molecule has 2 heterocycles. The van der Waals surface area contributed by atoms with E-state index in [2.05, 4.69) is 26.4 Å². The van der Waals surface area contributed by atoms with Crippen molar-refractivity contribution >= 4 is 22.4 Å². The number of nitrogen functional groups attached to an aromatic ring is 1. The van der Waals surface area contributed by atoms with E-state index in [9.17, 15) is 0 Å². The molecule has 82 valence electrons. The summed E-state index contributed by atoms with van der Waals surface area (Å²) in [6, 6.07) is 6.16. The van der Waals surface area contributed by atoms with Gasteiger partial charge in [0.15, 0.2) is 0 Å². The smallest absolute Gasteiger partial charge is 0.205 e. The van der Waals surface area contributed by atoms with Gasteiger partial charge >= 0.3 is 0 Å². The summed E-state index contributed by atoms with van der Waals surface area (Å²) in [6.45, 7) is 1.89. The minimum absolute atomic E-state index is 0.831. The van der Waals surface area contributed by atoms with Crippen molar-refractivity contribution in [2.45, 2.75) is 13.0 Å². The zero-order chi connectivity index (χ0) is 11.0. The van der Waals surface area contributed by atoms with Crippen molar-refractivity contribution in [3.05, 3.63) is 35.7 Å². The molecule has 0 amide bonds. The van der Waals surface area contributed by atoms with Crippen molar-refractivity contribution in [2.24, 2.45) is 0 Å². The molecular weight excluding hydrogens is 220 g/mol. The van der Waals surface area contributed by atoms with E-state index < -0.39 is 0 Å². The molecule has 0 aliphatic carbocycles. The van der Waals surface area contributed by atoms with Crippen LogP contribution in [-0.4, -0.2) is 15.9 Å². The van der Waals surface area contributed by atoms with Crippen molar-refractivity contribution in [1.29, 1.82) is 0 Å². The van der Waals surface area contributed by atoms with Gasteiger partial charge in [0.05, 0.1) is 0 Å². The molecule has 1 aromatic heterocycles. The summed E-state index contributed by atoms with van der Waals surface area (Å²) in [5.74, 6) is 0. The van der Waals surface area contributed by atoms with Crippen LogP contribution in [0, 0.1) is 0 Å². The fourth-order valence-electron chi connectivity index (χ4n) is 2.05. The van der Waals surface area contributed by atoms with Gasteiger partial charge in [-0.1, -0.05) is 6.07 Å². The Bertz CT molecular complexity index is 495. The molecule has 5 heteroatoms. The van der Waals surface area contributed by atoms with Crippen LogP contribution < -0.4 is 10.6 Å². The monoisotopic (exact) mass is 232 g/mol. The average molecular weight is 232 g/mol. The molecule has 0 unspecified atom stereocenters. The van der Waals surface area contributed by atoms with Gasteiger partial charge in [0.2, 0.25) is 5.13 Å². The predicted octanol–water partition coefficient (Wildman–Crippen LogP) is 1.68. The Morgan fingerprint density at radius 2 is 2.25 bits per heavy atom. The maximum absolute atomic E-state index is 5.80. The van der Waals surface area contributed by atoms with Gasteiger partial charge in [0.1, 0.15) is 6.33 Å². The normalized spacial score (nSPS) is 14.9. The van der Waals surface area contributed by atoms with E-state index in [-0.39, 0.29) is 0 Å². The van der Waals surface area contributed by atoms with Crippen LogP contribution in [0.15, 0.2) is 24.5 Å². The number of anilines is 2. The molecule has 0 radical (unpaired) electrons. The lowest BCUT2D eigenvalue weighted by molar-refractivity contribution is 0.729. The highest BCUT2D eigenvalue weighted by atomic mass is 32.1. The van der Waals surface area contributed by atoms with Gasteiger partial charge in [-0.15, -0.1) is 0 Å². The van der Waals surface area contributed by atoms with Gasteiger partial charge in [-0.25, -0.2) is 4.98 Å². The number of benzene rings is 1. The third kappa shape index (κ3) is 1.63. The van der Waals surface area contributed by atoms with Gasteiger partial charge < -0.3 is 10.6 Å². The molecule has 1 aromatic carbocycles. The van der Waals surface area contributed by atoms with Crippen molar-refractivity contribution in [1.82, 2.24) is 9.36 Å². The number of rotatable bonds is 1. The van der Waals surface area contributed by atoms with Gasteiger partial charge in [-0.05, 0) is 29.7 Å². The maximum Gasteiger partial charge on any atom is 0.205 e. The molecule has 3 rings (SSSR count). The second-order valence-corrected chi connectivity index (χ2v) is 4.68. The van der Waals surface area contributed by atoms with Crippen molar-refractivity contribution in [3.63, 3.8) is 0 Å². The zero-order valence-corrected chi connectivity index (χ0v) is 9.57. The Balaban J connectivity index is 1.91. The van der Waals surface area contributed by atoms with E-state index in [4.69, 9.17) is 5.73 Å². The lowest BCUT2D eigenvalue weighted by Gasteiger charge is -2.28. The summed E-state index contributed by atoms with van der Waals surface area (Å²) in [6.07, 6.45) is 2.66. The molecule has 2 aromatic rings. The number of aromatic nitrogens is 2. The molecule has 0 spiro atoms. The maximum atomic E-state index is 5.80. The molecule has 16 heavy (non-hydrogen) atoms. The highest BCUT2D eigenvalue weighted by Gasteiger charge is 2.18. The van der Waals surface area contributed by atoms with Gasteiger partial charge in [-0.3, -0.25) is 0 Å². The minimum Gasteiger partial charge on any atom is -0.399 e. The molecule has 1 aliphatic rings. The highest BCUT2D eigenvalue weighted by Crippen LogP contribution is 2.25. The molecule has 0 fully saturated rings. The summed E-state index contributed by atoms with van der Waals surface area (Å²) in [7, 11) is 0. The third-order valence-electron chi connectivity index (χ3n) is 2.86. The summed E-state index contributed by atoms with van der Waals surface area (Å²) in [5, 5.41) is 0.994. The van der Waals surface area contributed by atoms with E-state index in [0.29, 0.717) is 0 Å². The lowest BCUT2D eigenvalue weighted by Crippen LogP contribution is -2.30. The Labute approximate surface area is 97.9 Å². The summed E-state index contributed by atoms with van der Waals surface area (Å²) in [4.78, 5) is 6.49. The second-order valence-electron chi connectivity index (χ2n) is 3.92. The second kappa shape index (κ2) is 3.75. The minimum atomic E-state index is 0.831. The largest absolute Gasteiger partial charge is 0.399 e. The Hall–Kier alpha value is -1.62. The van der Waals surface area contributed by atoms with Crippen LogP contribution in [0.4, 0.5) is 10.8 Å². The fraction of sp³-hybridized carbons (Fsp3) is 0.273. The summed E-state index contributed by atoms with van der Waals surface area (Å²) >= 11 is 1.44. The first kappa shape index (κ1) is 9.59. The van der Waals surface area contributed by atoms with Gasteiger partial charge in [0.25, 0.3) is 0 Å². The molecule has 2 N–H and O–H groups in total. The molecule has 0 atom stereocenters. The Kier molecular flexibility index (Phi) is 2.25. The average Bonchev–Trinajstić information content (AvgIpc) is 2.81. The third-order valence-corrected chi connectivity index (χ3v) is 3.59. The topological polar surface area (TPSA) is 55.0 Å². The highest BCUT2D eigenvalue weighted by molar-refractivity contribution is 7.09. The van der Waals surface area contributed by atoms with Crippen molar-refractivity contribution in [3.8, 4) is 0 Å². The number of hydrogen-bond donors (Lipinski definition) is 1. The Morgan fingerprint density at radius 3 is 3.06 bits per heavy atom. The zero-order valence-electron chi connectivity index (χ0n) is 8.76. The SMILES string of the molecule is Nc1ccc2c(c1)CN(c1ncns1)CC2. The first-order chi connectivity index (χ1) is 7.83. The van der Waals surface area contributed by atoms with Crippen molar-refractivity contribution in [2.75, 3.05) is 17.2 Å². The molecule has 0 bridgehead atoms. The van der Waals surface area contributed by atoms with E-state index >= 15 is 0 Å². The molecular formula is C11H12N4S. The van der Waals surface area contributed by atoms with E-state index in [0.717, 1.165) is 30.3 Å². The van der Waals surface area contributed by atoms with Crippen LogP contribution in [0.2, 0.25) is 0 Å². The summed E-state index contributed by atoms with van der Waals surface area (Å²) in [5.41, 5.74) is 9.34. The fourth-order valence-corrected chi connectivity index (χ4v) is 2.60. The van der Waals surface area contributed by atoms with E-state index in [1.54, 1.807) is 6.33 Å². The Morgan fingerprint density at radius 1 is 1.31 bits per heavy atom. The number of hydrogen-bond acceptors (Lipinski definition) is 5. The number of nitrogens with zero attached hydrogens (tertiary/aromatic N) is 3. The number of fused-ring (bicyclic) bond motifs is 1.